The van der Waals surface area contributed by atoms with Crippen LogP contribution in [0, 0.1) is 0 Å². The van der Waals surface area contributed by atoms with Gasteiger partial charge in [-0.15, -0.1) is 0 Å². The van der Waals surface area contributed by atoms with E-state index >= 15 is 0 Å². The van der Waals surface area contributed by atoms with Crippen molar-refractivity contribution in [1.82, 2.24) is 24.5 Å². The number of fused-ring (bicyclic) bond motifs is 2. The Labute approximate surface area is 156 Å². The van der Waals surface area contributed by atoms with E-state index in [9.17, 15) is 0 Å². The number of nitrogens with zero attached hydrogens (tertiary/aromatic N) is 5. The number of imidazole rings is 1. The molecule has 1 aliphatic heterocycles. The van der Waals surface area contributed by atoms with E-state index in [1.165, 1.54) is 23.4 Å². The molecule has 7 heteroatoms. The maximum atomic E-state index is 4.34. The Bertz CT molecular complexity index is 1090. The first-order valence-electron chi connectivity index (χ1n) is 8.95. The van der Waals surface area contributed by atoms with Gasteiger partial charge in [0.15, 0.2) is 11.5 Å². The largest absolute Gasteiger partial charge is 0.368 e. The van der Waals surface area contributed by atoms with Gasteiger partial charge in [-0.2, -0.15) is 0 Å². The lowest BCUT2D eigenvalue weighted by Crippen LogP contribution is -2.30. The van der Waals surface area contributed by atoms with Crippen molar-refractivity contribution in [2.24, 2.45) is 0 Å². The highest BCUT2D eigenvalue weighted by molar-refractivity contribution is 5.81. The van der Waals surface area contributed by atoms with Crippen molar-refractivity contribution in [3.05, 3.63) is 72.7 Å². The van der Waals surface area contributed by atoms with Crippen LogP contribution in [0.25, 0.3) is 17.2 Å². The smallest absolute Gasteiger partial charge is 0.182 e. The summed E-state index contributed by atoms with van der Waals surface area (Å²) in [6.07, 6.45) is 8.42. The quantitative estimate of drug-likeness (QED) is 0.572. The molecule has 27 heavy (non-hydrogen) atoms. The van der Waals surface area contributed by atoms with E-state index in [0.717, 1.165) is 31.0 Å². The van der Waals surface area contributed by atoms with Crippen LogP contribution >= 0.6 is 0 Å². The Morgan fingerprint density at radius 1 is 1.04 bits per heavy atom. The second-order valence-corrected chi connectivity index (χ2v) is 6.44. The van der Waals surface area contributed by atoms with E-state index in [1.807, 2.05) is 6.07 Å². The molecule has 1 aliphatic rings. The molecular formula is C20H19N7. The van der Waals surface area contributed by atoms with Gasteiger partial charge in [-0.25, -0.2) is 15.0 Å². The molecule has 4 aromatic rings. The minimum absolute atomic E-state index is 0.674. The van der Waals surface area contributed by atoms with Crippen molar-refractivity contribution in [3.63, 3.8) is 0 Å². The monoisotopic (exact) mass is 357 g/mol. The molecule has 0 unspecified atom stereocenters. The fourth-order valence-corrected chi connectivity index (χ4v) is 3.45. The van der Waals surface area contributed by atoms with Crippen LogP contribution in [0.4, 0.5) is 11.5 Å². The summed E-state index contributed by atoms with van der Waals surface area (Å²) < 4.78 is 2.25. The maximum Gasteiger partial charge on any atom is 0.182 e. The molecule has 1 aromatic carbocycles. The summed E-state index contributed by atoms with van der Waals surface area (Å²) >= 11 is 0. The van der Waals surface area contributed by atoms with E-state index in [0.29, 0.717) is 5.65 Å². The van der Waals surface area contributed by atoms with Gasteiger partial charge in [0, 0.05) is 36.2 Å². The van der Waals surface area contributed by atoms with Gasteiger partial charge >= 0.3 is 0 Å². The second kappa shape index (κ2) is 6.60. The van der Waals surface area contributed by atoms with Crippen LogP contribution in [0.5, 0.6) is 0 Å². The molecule has 4 heterocycles. The first-order chi connectivity index (χ1) is 13.4. The summed E-state index contributed by atoms with van der Waals surface area (Å²) in [5, 5.41) is 3.41. The standard InChI is InChI=1S/C20H19N7/c1-2-5-15(6-3-1)27-14-26-10-4-7-16(26)11-17(27)8-9-21-19-18-20(23-12-22-18)25-13-24-19/h1-7,10-13H,8-9,14H2,(H2,21,22,23,24,25). The van der Waals surface area contributed by atoms with Gasteiger partial charge in [0.25, 0.3) is 0 Å². The van der Waals surface area contributed by atoms with Crippen LogP contribution < -0.4 is 10.2 Å². The SMILES string of the molecule is C1=C(CCNc2ncnc3nc[nH]c23)N(c2ccccc2)Cn2cccc21. The average molecular weight is 357 g/mol. The highest BCUT2D eigenvalue weighted by atomic mass is 15.3. The van der Waals surface area contributed by atoms with Crippen LogP contribution in [0.15, 0.2) is 67.0 Å². The number of anilines is 2. The summed E-state index contributed by atoms with van der Waals surface area (Å²) in [4.78, 5) is 18.1. The van der Waals surface area contributed by atoms with E-state index < -0.39 is 0 Å². The molecule has 0 radical (unpaired) electrons. The molecule has 0 saturated heterocycles. The number of H-pyrrole nitrogens is 1. The lowest BCUT2D eigenvalue weighted by molar-refractivity contribution is 0.655. The van der Waals surface area contributed by atoms with Gasteiger partial charge in [-0.1, -0.05) is 18.2 Å². The first-order valence-corrected chi connectivity index (χ1v) is 8.95. The molecule has 0 aliphatic carbocycles. The third kappa shape index (κ3) is 2.93. The van der Waals surface area contributed by atoms with Gasteiger partial charge < -0.3 is 19.8 Å². The number of rotatable bonds is 5. The van der Waals surface area contributed by atoms with Gasteiger partial charge in [0.2, 0.25) is 0 Å². The molecule has 3 aromatic heterocycles. The molecule has 7 nitrogen and oxygen atoms in total. The summed E-state index contributed by atoms with van der Waals surface area (Å²) in [5.74, 6) is 0.781. The number of benzene rings is 1. The maximum absolute atomic E-state index is 4.34. The molecular weight excluding hydrogens is 338 g/mol. The Morgan fingerprint density at radius 3 is 2.89 bits per heavy atom. The van der Waals surface area contributed by atoms with Gasteiger partial charge in [-0.3, -0.25) is 0 Å². The molecule has 134 valence electrons. The third-order valence-electron chi connectivity index (χ3n) is 4.78. The Morgan fingerprint density at radius 2 is 1.96 bits per heavy atom. The number of aromatic amines is 1. The fourth-order valence-electron chi connectivity index (χ4n) is 3.45. The summed E-state index contributed by atoms with van der Waals surface area (Å²) in [6.45, 7) is 1.58. The molecule has 0 spiro atoms. The number of aromatic nitrogens is 5. The molecule has 2 N–H and O–H groups in total. The highest BCUT2D eigenvalue weighted by Crippen LogP contribution is 2.28. The zero-order valence-electron chi connectivity index (χ0n) is 14.7. The molecule has 0 bridgehead atoms. The zero-order chi connectivity index (χ0) is 18.1. The molecule has 0 fully saturated rings. The van der Waals surface area contributed by atoms with E-state index in [4.69, 9.17) is 0 Å². The number of nitrogens with one attached hydrogen (secondary N) is 2. The molecule has 0 saturated carbocycles. The van der Waals surface area contributed by atoms with E-state index in [2.05, 4.69) is 83.4 Å². The zero-order valence-corrected chi connectivity index (χ0v) is 14.7. The number of para-hydroxylation sites is 1. The van der Waals surface area contributed by atoms with Crippen molar-refractivity contribution in [3.8, 4) is 0 Å². The number of hydrogen-bond acceptors (Lipinski definition) is 5. The van der Waals surface area contributed by atoms with Gasteiger partial charge in [0.1, 0.15) is 11.8 Å². The van der Waals surface area contributed by atoms with Crippen LogP contribution in [0.2, 0.25) is 0 Å². The third-order valence-corrected chi connectivity index (χ3v) is 4.78. The Kier molecular flexibility index (Phi) is 3.82. The average Bonchev–Trinajstić information content (AvgIpc) is 3.37. The van der Waals surface area contributed by atoms with Crippen LogP contribution in [0.1, 0.15) is 12.1 Å². The van der Waals surface area contributed by atoms with Crippen molar-refractivity contribution >= 4 is 28.7 Å². The lowest BCUT2D eigenvalue weighted by Gasteiger charge is -2.32. The van der Waals surface area contributed by atoms with Gasteiger partial charge in [0.05, 0.1) is 13.0 Å². The normalized spacial score (nSPS) is 13.5. The predicted octanol–water partition coefficient (Wildman–Crippen LogP) is 3.48. The second-order valence-electron chi connectivity index (χ2n) is 6.44. The molecule has 0 amide bonds. The van der Waals surface area contributed by atoms with Crippen molar-refractivity contribution < 1.29 is 0 Å². The van der Waals surface area contributed by atoms with Crippen LogP contribution in [-0.4, -0.2) is 31.0 Å². The summed E-state index contributed by atoms with van der Waals surface area (Å²) in [5.41, 5.74) is 5.21. The van der Waals surface area contributed by atoms with E-state index in [1.54, 1.807) is 6.33 Å². The minimum Gasteiger partial charge on any atom is -0.368 e. The molecule has 5 rings (SSSR count). The van der Waals surface area contributed by atoms with Crippen LogP contribution in [0.3, 0.4) is 0 Å². The molecule has 0 atom stereocenters. The highest BCUT2D eigenvalue weighted by Gasteiger charge is 2.18. The van der Waals surface area contributed by atoms with Crippen molar-refractivity contribution in [2.75, 3.05) is 16.8 Å². The van der Waals surface area contributed by atoms with E-state index in [-0.39, 0.29) is 0 Å². The summed E-state index contributed by atoms with van der Waals surface area (Å²) in [6, 6.07) is 14.7. The first kappa shape index (κ1) is 15.6. The Hall–Kier alpha value is -3.61. The minimum atomic E-state index is 0.674. The summed E-state index contributed by atoms with van der Waals surface area (Å²) in [7, 11) is 0. The number of hydrogen-bond donors (Lipinski definition) is 2. The lowest BCUT2D eigenvalue weighted by atomic mass is 10.1. The van der Waals surface area contributed by atoms with Gasteiger partial charge in [-0.05, 0) is 30.3 Å². The van der Waals surface area contributed by atoms with Crippen LogP contribution in [-0.2, 0) is 6.67 Å². The topological polar surface area (TPSA) is 74.7 Å². The Balaban J connectivity index is 1.38. The van der Waals surface area contributed by atoms with Crippen molar-refractivity contribution in [2.45, 2.75) is 13.1 Å². The fraction of sp³-hybridized carbons (Fsp3) is 0.150. The predicted molar refractivity (Wildman–Crippen MR) is 106 cm³/mol. The van der Waals surface area contributed by atoms with Crippen molar-refractivity contribution in [1.29, 1.82) is 0 Å².